The van der Waals surface area contributed by atoms with E-state index >= 15 is 0 Å². The summed E-state index contributed by atoms with van der Waals surface area (Å²) in [5, 5.41) is 8.36. The Labute approximate surface area is 186 Å². The molecule has 0 aliphatic heterocycles. The molecule has 7 heteroatoms. The summed E-state index contributed by atoms with van der Waals surface area (Å²) in [6.45, 7) is 8.19. The van der Waals surface area contributed by atoms with E-state index in [2.05, 4.69) is 22.8 Å². The van der Waals surface area contributed by atoms with Crippen LogP contribution >= 0.6 is 23.2 Å². The number of benzene rings is 2. The number of anilines is 1. The molecule has 0 spiro atoms. The molecule has 1 heterocycles. The molecular weight excluding hydrogens is 419 g/mol. The lowest BCUT2D eigenvalue weighted by Gasteiger charge is -2.11. The molecule has 2 aromatic carbocycles. The van der Waals surface area contributed by atoms with Gasteiger partial charge in [0.05, 0.1) is 23.5 Å². The number of hydrazone groups is 1. The highest BCUT2D eigenvalue weighted by Crippen LogP contribution is 2.28. The van der Waals surface area contributed by atoms with Gasteiger partial charge in [-0.05, 0) is 75.2 Å². The van der Waals surface area contributed by atoms with Crippen LogP contribution in [0.25, 0.3) is 5.69 Å². The van der Waals surface area contributed by atoms with Crippen molar-refractivity contribution in [2.75, 3.05) is 11.9 Å². The lowest BCUT2D eigenvalue weighted by atomic mass is 10.1. The molecule has 0 unspecified atom stereocenters. The number of carbonyl (C=O) groups excluding carboxylic acids is 1. The van der Waals surface area contributed by atoms with Gasteiger partial charge in [0, 0.05) is 27.7 Å². The lowest BCUT2D eigenvalue weighted by molar-refractivity contribution is -0.119. The maximum Gasteiger partial charge on any atom is 0.259 e. The summed E-state index contributed by atoms with van der Waals surface area (Å²) < 4.78 is 2.03. The Bertz CT molecular complexity index is 1120. The molecule has 0 aliphatic rings. The van der Waals surface area contributed by atoms with Gasteiger partial charge in [-0.15, -0.1) is 0 Å². The summed E-state index contributed by atoms with van der Waals surface area (Å²) in [6, 6.07) is 13.4. The fourth-order valence-corrected chi connectivity index (χ4v) is 3.69. The molecule has 0 aliphatic carbocycles. The normalized spacial score (nSPS) is 11.1. The quantitative estimate of drug-likeness (QED) is 0.386. The number of carbonyl (C=O) groups is 1. The van der Waals surface area contributed by atoms with Crippen LogP contribution in [0.15, 0.2) is 47.6 Å². The van der Waals surface area contributed by atoms with Gasteiger partial charge < -0.3 is 9.88 Å². The molecule has 0 atom stereocenters. The molecule has 0 bridgehead atoms. The van der Waals surface area contributed by atoms with E-state index in [9.17, 15) is 4.79 Å². The fourth-order valence-electron chi connectivity index (χ4n) is 3.20. The van der Waals surface area contributed by atoms with Crippen molar-refractivity contribution in [3.63, 3.8) is 0 Å². The fraction of sp³-hybridized carbons (Fsp3) is 0.217. The predicted molar refractivity (Wildman–Crippen MR) is 125 cm³/mol. The smallest absolute Gasteiger partial charge is 0.259 e. The number of hydrogen-bond acceptors (Lipinski definition) is 3. The SMILES string of the molecule is Cc1ccc(NCC(=O)N/N=C/c2cc(C)n(-c3ccc(Cl)cc3Cl)c2C)cc1C. The van der Waals surface area contributed by atoms with Crippen LogP contribution in [-0.2, 0) is 4.79 Å². The van der Waals surface area contributed by atoms with Crippen molar-refractivity contribution < 1.29 is 4.79 Å². The first-order valence-corrected chi connectivity index (χ1v) is 10.3. The van der Waals surface area contributed by atoms with E-state index in [4.69, 9.17) is 23.2 Å². The average molecular weight is 443 g/mol. The van der Waals surface area contributed by atoms with Crippen molar-refractivity contribution >= 4 is 41.0 Å². The molecule has 3 aromatic rings. The maximum absolute atomic E-state index is 12.1. The summed E-state index contributed by atoms with van der Waals surface area (Å²) in [5.74, 6) is -0.223. The molecule has 1 aromatic heterocycles. The summed E-state index contributed by atoms with van der Waals surface area (Å²) in [6.07, 6.45) is 1.64. The van der Waals surface area contributed by atoms with Crippen molar-refractivity contribution in [2.45, 2.75) is 27.7 Å². The van der Waals surface area contributed by atoms with Gasteiger partial charge in [0.25, 0.3) is 5.91 Å². The van der Waals surface area contributed by atoms with Gasteiger partial charge in [-0.2, -0.15) is 5.10 Å². The van der Waals surface area contributed by atoms with E-state index < -0.39 is 0 Å². The van der Waals surface area contributed by atoms with Gasteiger partial charge in [0.15, 0.2) is 0 Å². The molecule has 30 heavy (non-hydrogen) atoms. The number of nitrogens with zero attached hydrogens (tertiary/aromatic N) is 2. The Balaban J connectivity index is 1.65. The van der Waals surface area contributed by atoms with Crippen LogP contribution in [0.4, 0.5) is 5.69 Å². The molecule has 5 nitrogen and oxygen atoms in total. The molecule has 0 saturated heterocycles. The van der Waals surface area contributed by atoms with Crippen LogP contribution in [0.1, 0.15) is 28.1 Å². The highest BCUT2D eigenvalue weighted by molar-refractivity contribution is 6.35. The minimum absolute atomic E-state index is 0.138. The Kier molecular flexibility index (Phi) is 6.85. The monoisotopic (exact) mass is 442 g/mol. The van der Waals surface area contributed by atoms with Crippen LogP contribution < -0.4 is 10.7 Å². The van der Waals surface area contributed by atoms with Crippen LogP contribution in [0.2, 0.25) is 10.0 Å². The number of amides is 1. The third kappa shape index (κ3) is 5.04. The second kappa shape index (κ2) is 9.37. The Morgan fingerprint density at radius 1 is 1.03 bits per heavy atom. The van der Waals surface area contributed by atoms with Crippen LogP contribution in [0.3, 0.4) is 0 Å². The van der Waals surface area contributed by atoms with Gasteiger partial charge >= 0.3 is 0 Å². The average Bonchev–Trinajstić information content (AvgIpc) is 2.96. The zero-order chi connectivity index (χ0) is 21.8. The predicted octanol–water partition coefficient (Wildman–Crippen LogP) is 5.58. The molecule has 1 amide bonds. The van der Waals surface area contributed by atoms with Crippen LogP contribution in [0.5, 0.6) is 0 Å². The number of hydrogen-bond donors (Lipinski definition) is 2. The first-order chi connectivity index (χ1) is 14.3. The summed E-state index contributed by atoms with van der Waals surface area (Å²) in [5.41, 5.74) is 9.55. The van der Waals surface area contributed by atoms with E-state index in [1.807, 2.05) is 55.7 Å². The summed E-state index contributed by atoms with van der Waals surface area (Å²) in [7, 11) is 0. The maximum atomic E-state index is 12.1. The Morgan fingerprint density at radius 2 is 1.80 bits per heavy atom. The van der Waals surface area contributed by atoms with Crippen LogP contribution in [-0.4, -0.2) is 23.2 Å². The largest absolute Gasteiger partial charge is 0.376 e. The highest BCUT2D eigenvalue weighted by atomic mass is 35.5. The molecule has 0 saturated carbocycles. The second-order valence-corrected chi connectivity index (χ2v) is 8.05. The minimum Gasteiger partial charge on any atom is -0.376 e. The first-order valence-electron chi connectivity index (χ1n) is 9.53. The van der Waals surface area contributed by atoms with Crippen molar-refractivity contribution in [1.29, 1.82) is 0 Å². The van der Waals surface area contributed by atoms with E-state index in [0.717, 1.165) is 28.3 Å². The number of aromatic nitrogens is 1. The van der Waals surface area contributed by atoms with Crippen molar-refractivity contribution in [1.82, 2.24) is 9.99 Å². The van der Waals surface area contributed by atoms with Gasteiger partial charge in [0.1, 0.15) is 0 Å². The minimum atomic E-state index is -0.223. The molecular formula is C23H24Cl2N4O. The Morgan fingerprint density at radius 3 is 2.50 bits per heavy atom. The zero-order valence-corrected chi connectivity index (χ0v) is 18.9. The lowest BCUT2D eigenvalue weighted by Crippen LogP contribution is -2.25. The molecule has 0 fully saturated rings. The summed E-state index contributed by atoms with van der Waals surface area (Å²) in [4.78, 5) is 12.1. The highest BCUT2D eigenvalue weighted by Gasteiger charge is 2.12. The van der Waals surface area contributed by atoms with E-state index in [1.54, 1.807) is 18.3 Å². The molecule has 0 radical (unpaired) electrons. The zero-order valence-electron chi connectivity index (χ0n) is 17.4. The first kappa shape index (κ1) is 21.9. The number of rotatable bonds is 6. The van der Waals surface area contributed by atoms with E-state index in [0.29, 0.717) is 10.0 Å². The third-order valence-corrected chi connectivity index (χ3v) is 5.51. The number of nitrogens with one attached hydrogen (secondary N) is 2. The second-order valence-electron chi connectivity index (χ2n) is 7.20. The van der Waals surface area contributed by atoms with Gasteiger partial charge in [-0.1, -0.05) is 29.3 Å². The molecule has 156 valence electrons. The molecule has 2 N–H and O–H groups in total. The van der Waals surface area contributed by atoms with Gasteiger partial charge in [-0.3, -0.25) is 4.79 Å². The number of aryl methyl sites for hydroxylation is 3. The third-order valence-electron chi connectivity index (χ3n) is 4.97. The topological polar surface area (TPSA) is 58.4 Å². The van der Waals surface area contributed by atoms with Gasteiger partial charge in [-0.25, -0.2) is 5.43 Å². The van der Waals surface area contributed by atoms with E-state index in [-0.39, 0.29) is 12.5 Å². The van der Waals surface area contributed by atoms with Crippen LogP contribution in [0, 0.1) is 27.7 Å². The van der Waals surface area contributed by atoms with Gasteiger partial charge in [0.2, 0.25) is 0 Å². The number of halogens is 2. The van der Waals surface area contributed by atoms with E-state index in [1.165, 1.54) is 11.1 Å². The standard InChI is InChI=1S/C23H24Cl2N4O/c1-14-5-7-20(9-15(14)2)26-13-23(30)28-27-12-18-10-16(3)29(17(18)4)22-8-6-19(24)11-21(22)25/h5-12,26H,13H2,1-4H3,(H,28,30)/b27-12+. The van der Waals surface area contributed by atoms with Crippen molar-refractivity contribution in [3.05, 3.63) is 80.6 Å². The summed E-state index contributed by atoms with van der Waals surface area (Å²) >= 11 is 12.4. The molecule has 3 rings (SSSR count). The Hall–Kier alpha value is -2.76. The van der Waals surface area contributed by atoms with Crippen molar-refractivity contribution in [3.8, 4) is 5.69 Å². The van der Waals surface area contributed by atoms with Crippen molar-refractivity contribution in [2.24, 2.45) is 5.10 Å².